The van der Waals surface area contributed by atoms with E-state index in [1.165, 1.54) is 5.56 Å². The molecule has 3 heteroatoms. The number of hydrogen-bond acceptors (Lipinski definition) is 1. The Kier molecular flexibility index (Phi) is 4.24. The number of aliphatic imine (C=N–C) groups is 1. The summed E-state index contributed by atoms with van der Waals surface area (Å²) in [4.78, 5) is 4.53. The molecule has 0 radical (unpaired) electrons. The monoisotopic (exact) mass is 245 g/mol. The Bertz CT molecular complexity index is 393. The summed E-state index contributed by atoms with van der Waals surface area (Å²) in [6.45, 7) is 4.26. The molecule has 0 bridgehead atoms. The van der Waals surface area contributed by atoms with Crippen molar-refractivity contribution in [3.63, 3.8) is 0 Å². The zero-order chi connectivity index (χ0) is 13.0. The van der Waals surface area contributed by atoms with Gasteiger partial charge >= 0.3 is 0 Å². The summed E-state index contributed by atoms with van der Waals surface area (Å²) in [7, 11) is 0. The first-order chi connectivity index (χ1) is 8.69. The summed E-state index contributed by atoms with van der Waals surface area (Å²) in [6.07, 6.45) is 3.30. The molecular formula is C15H23N3. The molecule has 1 atom stereocenters. The first-order valence-corrected chi connectivity index (χ1v) is 6.83. The van der Waals surface area contributed by atoms with Gasteiger partial charge < -0.3 is 11.1 Å². The average Bonchev–Trinajstić information content (AvgIpc) is 2.34. The lowest BCUT2D eigenvalue weighted by atomic mass is 9.76. The fourth-order valence-corrected chi connectivity index (χ4v) is 2.28. The molecule has 98 valence electrons. The molecule has 1 saturated carbocycles. The number of nitrogens with two attached hydrogens (primary N) is 1. The largest absolute Gasteiger partial charge is 0.370 e. The molecule has 1 aliphatic rings. The number of hydrogen-bond donors (Lipinski definition) is 2. The molecule has 1 aliphatic carbocycles. The van der Waals surface area contributed by atoms with E-state index in [1.807, 2.05) is 0 Å². The quantitative estimate of drug-likeness (QED) is 0.633. The van der Waals surface area contributed by atoms with E-state index in [0.717, 1.165) is 19.3 Å². The molecule has 0 amide bonds. The average molecular weight is 245 g/mol. The number of rotatable bonds is 4. The predicted molar refractivity (Wildman–Crippen MR) is 76.7 cm³/mol. The Balaban J connectivity index is 1.81. The molecule has 0 heterocycles. The van der Waals surface area contributed by atoms with Crippen LogP contribution in [0.25, 0.3) is 0 Å². The molecule has 0 aliphatic heterocycles. The lowest BCUT2D eigenvalue weighted by Crippen LogP contribution is -2.40. The van der Waals surface area contributed by atoms with Gasteiger partial charge in [0.05, 0.1) is 6.04 Å². The van der Waals surface area contributed by atoms with E-state index in [-0.39, 0.29) is 0 Å². The minimum absolute atomic E-state index is 0.395. The number of benzene rings is 1. The van der Waals surface area contributed by atoms with E-state index >= 15 is 0 Å². The van der Waals surface area contributed by atoms with Crippen molar-refractivity contribution in [1.82, 2.24) is 5.32 Å². The van der Waals surface area contributed by atoms with Crippen molar-refractivity contribution >= 4 is 5.96 Å². The van der Waals surface area contributed by atoms with Crippen LogP contribution in [0.4, 0.5) is 0 Å². The van der Waals surface area contributed by atoms with Crippen molar-refractivity contribution in [1.29, 1.82) is 0 Å². The maximum atomic E-state index is 5.88. The van der Waals surface area contributed by atoms with Crippen LogP contribution in [0.1, 0.15) is 44.6 Å². The molecule has 1 aromatic carbocycles. The first-order valence-electron chi connectivity index (χ1n) is 6.83. The second kappa shape index (κ2) is 5.89. The van der Waals surface area contributed by atoms with Crippen LogP contribution < -0.4 is 11.1 Å². The molecule has 2 rings (SSSR count). The molecule has 0 saturated heterocycles. The van der Waals surface area contributed by atoms with Gasteiger partial charge in [0.15, 0.2) is 5.96 Å². The molecule has 1 fully saturated rings. The van der Waals surface area contributed by atoms with E-state index in [1.54, 1.807) is 0 Å². The highest BCUT2D eigenvalue weighted by atomic mass is 15.1. The summed E-state index contributed by atoms with van der Waals surface area (Å²) in [5.74, 6) is 1.26. The maximum absolute atomic E-state index is 5.88. The fourth-order valence-electron chi connectivity index (χ4n) is 2.28. The molecule has 0 aromatic heterocycles. The minimum Gasteiger partial charge on any atom is -0.370 e. The van der Waals surface area contributed by atoms with Gasteiger partial charge in [-0.25, -0.2) is 0 Å². The molecule has 1 unspecified atom stereocenters. The highest BCUT2D eigenvalue weighted by Crippen LogP contribution is 2.38. The summed E-state index contributed by atoms with van der Waals surface area (Å²) < 4.78 is 0. The number of nitrogens with zero attached hydrogens (tertiary/aromatic N) is 1. The van der Waals surface area contributed by atoms with Gasteiger partial charge in [-0.1, -0.05) is 37.3 Å². The van der Waals surface area contributed by atoms with Crippen molar-refractivity contribution in [3.05, 3.63) is 35.9 Å². The van der Waals surface area contributed by atoms with Gasteiger partial charge in [-0.15, -0.1) is 0 Å². The standard InChI is InChI=1S/C15H23N3/c1-3-11(2)17-15(16)18-14-9-13(10-14)12-7-5-4-6-8-12/h4-8,11,13-14H,3,9-10H2,1-2H3,(H3,16,17,18). The summed E-state index contributed by atoms with van der Waals surface area (Å²) in [5, 5.41) is 3.21. The lowest BCUT2D eigenvalue weighted by Gasteiger charge is -2.33. The van der Waals surface area contributed by atoms with Crippen molar-refractivity contribution in [2.45, 2.75) is 51.1 Å². The van der Waals surface area contributed by atoms with Gasteiger partial charge in [-0.2, -0.15) is 0 Å². The Hall–Kier alpha value is -1.51. The maximum Gasteiger partial charge on any atom is 0.189 e. The van der Waals surface area contributed by atoms with E-state index < -0.39 is 0 Å². The van der Waals surface area contributed by atoms with Crippen molar-refractivity contribution in [2.24, 2.45) is 10.7 Å². The highest BCUT2D eigenvalue weighted by molar-refractivity contribution is 5.78. The second-order valence-electron chi connectivity index (χ2n) is 5.20. The van der Waals surface area contributed by atoms with Crippen molar-refractivity contribution in [2.75, 3.05) is 0 Å². The molecular weight excluding hydrogens is 222 g/mol. The van der Waals surface area contributed by atoms with Crippen molar-refractivity contribution in [3.8, 4) is 0 Å². The smallest absolute Gasteiger partial charge is 0.189 e. The zero-order valence-corrected chi connectivity index (χ0v) is 11.3. The predicted octanol–water partition coefficient (Wildman–Crippen LogP) is 2.64. The van der Waals surface area contributed by atoms with E-state index in [4.69, 9.17) is 5.73 Å². The van der Waals surface area contributed by atoms with Gasteiger partial charge in [0.25, 0.3) is 0 Å². The third kappa shape index (κ3) is 3.25. The van der Waals surface area contributed by atoms with E-state index in [9.17, 15) is 0 Å². The van der Waals surface area contributed by atoms with Gasteiger partial charge in [-0.05, 0) is 37.7 Å². The molecule has 18 heavy (non-hydrogen) atoms. The van der Waals surface area contributed by atoms with Crippen LogP contribution in [0.5, 0.6) is 0 Å². The van der Waals surface area contributed by atoms with Crippen molar-refractivity contribution < 1.29 is 0 Å². The van der Waals surface area contributed by atoms with Crippen LogP contribution in [0, 0.1) is 0 Å². The molecule has 1 aromatic rings. The molecule has 3 N–H and O–H groups in total. The van der Waals surface area contributed by atoms with Gasteiger partial charge in [0.1, 0.15) is 0 Å². The number of nitrogens with one attached hydrogen (secondary N) is 1. The normalized spacial score (nSPS) is 25.3. The summed E-state index contributed by atoms with van der Waals surface area (Å²) in [6, 6.07) is 11.5. The SMILES string of the molecule is CCC(C)NC(N)=NC1CC(c2ccccc2)C1. The Morgan fingerprint density at radius 3 is 2.67 bits per heavy atom. The van der Waals surface area contributed by atoms with Crippen LogP contribution in [0.15, 0.2) is 35.3 Å². The highest BCUT2D eigenvalue weighted by Gasteiger charge is 2.30. The Morgan fingerprint density at radius 2 is 2.06 bits per heavy atom. The Morgan fingerprint density at radius 1 is 1.39 bits per heavy atom. The molecule has 0 spiro atoms. The first kappa shape index (κ1) is 12.9. The van der Waals surface area contributed by atoms with Gasteiger partial charge in [0.2, 0.25) is 0 Å². The zero-order valence-electron chi connectivity index (χ0n) is 11.3. The third-order valence-corrected chi connectivity index (χ3v) is 3.71. The fraction of sp³-hybridized carbons (Fsp3) is 0.533. The third-order valence-electron chi connectivity index (χ3n) is 3.71. The van der Waals surface area contributed by atoms with Gasteiger partial charge in [-0.3, -0.25) is 4.99 Å². The van der Waals surface area contributed by atoms with Gasteiger partial charge in [0, 0.05) is 6.04 Å². The van der Waals surface area contributed by atoms with Crippen LogP contribution in [-0.4, -0.2) is 18.0 Å². The van der Waals surface area contributed by atoms with Crippen LogP contribution in [0.2, 0.25) is 0 Å². The second-order valence-corrected chi connectivity index (χ2v) is 5.20. The van der Waals surface area contributed by atoms with Crippen LogP contribution >= 0.6 is 0 Å². The molecule has 3 nitrogen and oxygen atoms in total. The summed E-state index contributed by atoms with van der Waals surface area (Å²) >= 11 is 0. The van der Waals surface area contributed by atoms with E-state index in [2.05, 4.69) is 54.5 Å². The minimum atomic E-state index is 0.395. The van der Waals surface area contributed by atoms with Crippen LogP contribution in [0.3, 0.4) is 0 Å². The van der Waals surface area contributed by atoms with Crippen LogP contribution in [-0.2, 0) is 0 Å². The summed E-state index contributed by atoms with van der Waals surface area (Å²) in [5.41, 5.74) is 7.31. The van der Waals surface area contributed by atoms with E-state index in [0.29, 0.717) is 24.0 Å². The topological polar surface area (TPSA) is 50.4 Å². The number of guanidine groups is 1. The Labute approximate surface area is 109 Å². The lowest BCUT2D eigenvalue weighted by molar-refractivity contribution is 0.352.